The van der Waals surface area contributed by atoms with Gasteiger partial charge in [0.1, 0.15) is 0 Å². The van der Waals surface area contributed by atoms with E-state index in [0.29, 0.717) is 21.7 Å². The minimum Gasteiger partial charge on any atom is -0.336 e. The Morgan fingerprint density at radius 3 is 2.61 bits per heavy atom. The van der Waals surface area contributed by atoms with Crippen molar-refractivity contribution in [2.75, 3.05) is 11.2 Å². The maximum Gasteiger partial charge on any atom is 0.237 e. The van der Waals surface area contributed by atoms with Crippen LogP contribution in [-0.4, -0.2) is 26.0 Å². The zero-order chi connectivity index (χ0) is 17.1. The molecule has 0 fully saturated rings. The monoisotopic (exact) mass is 353 g/mol. The predicted octanol–water partition coefficient (Wildman–Crippen LogP) is 3.20. The number of carbonyl (C=O) groups excluding carboxylic acids is 1. The summed E-state index contributed by atoms with van der Waals surface area (Å²) in [4.78, 5) is 12.3. The Labute approximate surface area is 144 Å². The van der Waals surface area contributed by atoms with Gasteiger partial charge >= 0.3 is 0 Å². The van der Waals surface area contributed by atoms with Crippen molar-refractivity contribution in [3.63, 3.8) is 0 Å². The van der Waals surface area contributed by atoms with Gasteiger partial charge in [0.2, 0.25) is 11.1 Å². The van der Waals surface area contributed by atoms with Gasteiger partial charge in [0, 0.05) is 16.6 Å². The van der Waals surface area contributed by atoms with E-state index >= 15 is 0 Å². The largest absolute Gasteiger partial charge is 0.336 e. The van der Waals surface area contributed by atoms with E-state index in [1.54, 1.807) is 13.0 Å². The van der Waals surface area contributed by atoms with E-state index in [2.05, 4.69) is 15.5 Å². The Balaban J connectivity index is 2.04. The van der Waals surface area contributed by atoms with Crippen molar-refractivity contribution >= 4 is 35.0 Å². The third kappa shape index (κ3) is 4.17. The Kier molecular flexibility index (Phi) is 5.54. The van der Waals surface area contributed by atoms with E-state index in [9.17, 15) is 4.79 Å². The van der Waals surface area contributed by atoms with Gasteiger partial charge in [0.15, 0.2) is 5.82 Å². The van der Waals surface area contributed by atoms with Crippen LogP contribution < -0.4 is 11.2 Å². The number of thioether (sulfide) groups is 1. The molecule has 1 aromatic heterocycles. The molecule has 3 N–H and O–H groups in total. The first kappa shape index (κ1) is 17.6. The van der Waals surface area contributed by atoms with Crippen LogP contribution in [0.3, 0.4) is 0 Å². The van der Waals surface area contributed by atoms with Gasteiger partial charge in [-0.3, -0.25) is 4.79 Å². The Morgan fingerprint density at radius 2 is 2.04 bits per heavy atom. The molecule has 1 amide bonds. The number of nitrogens with zero attached hydrogens (tertiary/aromatic N) is 3. The molecule has 1 aromatic carbocycles. The average Bonchev–Trinajstić information content (AvgIpc) is 2.84. The van der Waals surface area contributed by atoms with Gasteiger partial charge in [-0.1, -0.05) is 43.3 Å². The summed E-state index contributed by atoms with van der Waals surface area (Å²) in [7, 11) is 0. The average molecular weight is 354 g/mol. The number of hydrogen-bond acceptors (Lipinski definition) is 5. The number of nitrogens with one attached hydrogen (secondary N) is 1. The van der Waals surface area contributed by atoms with Crippen molar-refractivity contribution in [3.05, 3.63) is 34.6 Å². The number of aromatic nitrogens is 3. The highest BCUT2D eigenvalue weighted by molar-refractivity contribution is 8.00. The van der Waals surface area contributed by atoms with E-state index in [-0.39, 0.29) is 17.1 Å². The molecule has 0 radical (unpaired) electrons. The number of carbonyl (C=O) groups is 1. The second-order valence-corrected chi connectivity index (χ2v) is 7.29. The molecule has 2 rings (SSSR count). The quantitative estimate of drug-likeness (QED) is 0.636. The first-order valence-corrected chi connectivity index (χ1v) is 8.49. The minimum absolute atomic E-state index is 0.149. The highest BCUT2D eigenvalue weighted by atomic mass is 35.5. The standard InChI is InChI=1S/C15H20ClN5OS/c1-8(2)13-19-20-15(21(13)17)23-10(4)14(22)18-11-6-5-9(3)12(16)7-11/h5-8,10H,17H2,1-4H3,(H,18,22)/t10-/m1/s1. The fourth-order valence-electron chi connectivity index (χ4n) is 1.89. The zero-order valence-electron chi connectivity index (χ0n) is 13.5. The van der Waals surface area contributed by atoms with E-state index in [1.807, 2.05) is 32.9 Å². The number of nitrogens with two attached hydrogens (primary N) is 1. The van der Waals surface area contributed by atoms with E-state index in [0.717, 1.165) is 5.56 Å². The summed E-state index contributed by atoms with van der Waals surface area (Å²) < 4.78 is 1.43. The lowest BCUT2D eigenvalue weighted by Gasteiger charge is -2.12. The molecule has 0 bridgehead atoms. The van der Waals surface area contributed by atoms with Gasteiger partial charge in [-0.15, -0.1) is 10.2 Å². The Morgan fingerprint density at radius 1 is 1.35 bits per heavy atom. The molecule has 6 nitrogen and oxygen atoms in total. The van der Waals surface area contributed by atoms with Crippen LogP contribution in [0.25, 0.3) is 0 Å². The maximum atomic E-state index is 12.3. The molecule has 8 heteroatoms. The van der Waals surface area contributed by atoms with Gasteiger partial charge in [0.05, 0.1) is 5.25 Å². The van der Waals surface area contributed by atoms with E-state index in [4.69, 9.17) is 17.4 Å². The molecule has 0 aliphatic heterocycles. The number of amides is 1. The maximum absolute atomic E-state index is 12.3. The van der Waals surface area contributed by atoms with Crippen LogP contribution in [0, 0.1) is 6.92 Å². The molecule has 23 heavy (non-hydrogen) atoms. The van der Waals surface area contributed by atoms with Crippen LogP contribution in [-0.2, 0) is 4.79 Å². The summed E-state index contributed by atoms with van der Waals surface area (Å²) >= 11 is 7.33. The smallest absolute Gasteiger partial charge is 0.237 e. The summed E-state index contributed by atoms with van der Waals surface area (Å²) in [6, 6.07) is 5.41. The lowest BCUT2D eigenvalue weighted by Crippen LogP contribution is -2.24. The summed E-state index contributed by atoms with van der Waals surface area (Å²) in [5.41, 5.74) is 1.62. The third-order valence-corrected chi connectivity index (χ3v) is 4.76. The number of aryl methyl sites for hydroxylation is 1. The fraction of sp³-hybridized carbons (Fsp3) is 0.400. The molecule has 124 valence electrons. The van der Waals surface area contributed by atoms with Gasteiger partial charge in [-0.25, -0.2) is 4.68 Å². The molecule has 2 aromatic rings. The van der Waals surface area contributed by atoms with Crippen LogP contribution in [0.5, 0.6) is 0 Å². The van der Waals surface area contributed by atoms with Crippen LogP contribution >= 0.6 is 23.4 Å². The SMILES string of the molecule is Cc1ccc(NC(=O)[C@@H](C)Sc2nnc(C(C)C)n2N)cc1Cl. The van der Waals surface area contributed by atoms with Crippen LogP contribution in [0.15, 0.2) is 23.4 Å². The molecule has 0 aliphatic rings. The number of nitrogen functional groups attached to an aromatic ring is 1. The van der Waals surface area contributed by atoms with Crippen LogP contribution in [0.1, 0.15) is 38.1 Å². The molecular formula is C15H20ClN5OS. The second-order valence-electron chi connectivity index (χ2n) is 5.58. The molecular weight excluding hydrogens is 334 g/mol. The predicted molar refractivity (Wildman–Crippen MR) is 94.4 cm³/mol. The first-order chi connectivity index (χ1) is 10.8. The third-order valence-electron chi connectivity index (χ3n) is 3.30. The van der Waals surface area contributed by atoms with Crippen molar-refractivity contribution in [2.45, 2.75) is 44.0 Å². The van der Waals surface area contributed by atoms with Crippen molar-refractivity contribution in [1.82, 2.24) is 14.9 Å². The summed E-state index contributed by atoms with van der Waals surface area (Å²) in [5.74, 6) is 6.67. The molecule has 0 spiro atoms. The van der Waals surface area contributed by atoms with Crippen molar-refractivity contribution in [3.8, 4) is 0 Å². The lowest BCUT2D eigenvalue weighted by atomic mass is 10.2. The highest BCUT2D eigenvalue weighted by Gasteiger charge is 2.20. The summed E-state index contributed by atoms with van der Waals surface area (Å²) in [5, 5.41) is 11.7. The minimum atomic E-state index is -0.374. The Bertz CT molecular complexity index is 716. The number of anilines is 1. The molecule has 0 aliphatic carbocycles. The number of hydrogen-bond donors (Lipinski definition) is 2. The lowest BCUT2D eigenvalue weighted by molar-refractivity contribution is -0.115. The van der Waals surface area contributed by atoms with E-state index in [1.165, 1.54) is 16.4 Å². The molecule has 1 heterocycles. The summed E-state index contributed by atoms with van der Waals surface area (Å²) in [6.07, 6.45) is 0. The molecule has 0 saturated heterocycles. The number of halogens is 1. The van der Waals surface area contributed by atoms with Gasteiger partial charge < -0.3 is 11.2 Å². The first-order valence-electron chi connectivity index (χ1n) is 7.23. The number of benzene rings is 1. The topological polar surface area (TPSA) is 85.8 Å². The van der Waals surface area contributed by atoms with Gasteiger partial charge in [-0.05, 0) is 31.5 Å². The molecule has 0 saturated carbocycles. The normalized spacial score (nSPS) is 12.4. The van der Waals surface area contributed by atoms with Crippen molar-refractivity contribution in [1.29, 1.82) is 0 Å². The van der Waals surface area contributed by atoms with E-state index < -0.39 is 0 Å². The highest BCUT2D eigenvalue weighted by Crippen LogP contribution is 2.25. The van der Waals surface area contributed by atoms with Gasteiger partial charge in [-0.2, -0.15) is 0 Å². The van der Waals surface area contributed by atoms with Crippen LogP contribution in [0.4, 0.5) is 5.69 Å². The fourth-order valence-corrected chi connectivity index (χ4v) is 2.85. The summed E-state index contributed by atoms with van der Waals surface area (Å²) in [6.45, 7) is 7.67. The van der Waals surface area contributed by atoms with Crippen molar-refractivity contribution < 1.29 is 4.79 Å². The molecule has 0 unspecified atom stereocenters. The zero-order valence-corrected chi connectivity index (χ0v) is 15.1. The van der Waals surface area contributed by atoms with Crippen molar-refractivity contribution in [2.24, 2.45) is 0 Å². The molecule has 1 atom stereocenters. The Hall–Kier alpha value is -1.73. The number of rotatable bonds is 5. The second kappa shape index (κ2) is 7.23. The van der Waals surface area contributed by atoms with Gasteiger partial charge in [0.25, 0.3) is 0 Å². The van der Waals surface area contributed by atoms with Crippen LogP contribution in [0.2, 0.25) is 5.02 Å².